The monoisotopic (exact) mass is 345 g/mol. The van der Waals surface area contributed by atoms with Gasteiger partial charge in [0.1, 0.15) is 11.8 Å². The fraction of sp³-hybridized carbons (Fsp3) is 0.389. The second-order valence-corrected chi connectivity index (χ2v) is 5.62. The largest absolute Gasteiger partial charge is 0.497 e. The molecule has 0 saturated carbocycles. The molecule has 1 aromatic heterocycles. The summed E-state index contributed by atoms with van der Waals surface area (Å²) in [6.07, 6.45) is 3.11. The Labute approximate surface area is 146 Å². The molecule has 0 spiro atoms. The van der Waals surface area contributed by atoms with E-state index in [-0.39, 0.29) is 0 Å². The van der Waals surface area contributed by atoms with E-state index in [1.165, 1.54) is 6.20 Å². The molecule has 2 aromatic rings. The van der Waals surface area contributed by atoms with Crippen molar-refractivity contribution >= 4 is 11.9 Å². The molecule has 7 nitrogen and oxygen atoms in total. The van der Waals surface area contributed by atoms with Crippen LogP contribution in [0.4, 0.5) is 0 Å². The van der Waals surface area contributed by atoms with Gasteiger partial charge in [-0.3, -0.25) is 4.79 Å². The first-order chi connectivity index (χ1) is 12.0. The van der Waals surface area contributed by atoms with Crippen LogP contribution in [-0.2, 0) is 11.2 Å². The van der Waals surface area contributed by atoms with E-state index in [0.29, 0.717) is 24.8 Å². The Balaban J connectivity index is 2.28. The van der Waals surface area contributed by atoms with Crippen molar-refractivity contribution in [2.24, 2.45) is 0 Å². The Morgan fingerprint density at radius 3 is 2.48 bits per heavy atom. The average molecular weight is 345 g/mol. The number of amides is 1. The van der Waals surface area contributed by atoms with Gasteiger partial charge in [0, 0.05) is 0 Å². The topological polar surface area (TPSA) is 93.5 Å². The molecule has 1 heterocycles. The van der Waals surface area contributed by atoms with Gasteiger partial charge in [0.25, 0.3) is 5.91 Å². The van der Waals surface area contributed by atoms with Gasteiger partial charge in [0.05, 0.1) is 30.3 Å². The van der Waals surface area contributed by atoms with Crippen molar-refractivity contribution in [3.05, 3.63) is 41.7 Å². The molecule has 2 N–H and O–H groups in total. The van der Waals surface area contributed by atoms with Crippen LogP contribution in [-0.4, -0.2) is 39.9 Å². The Bertz CT molecular complexity index is 737. The fourth-order valence-electron chi connectivity index (χ4n) is 2.63. The van der Waals surface area contributed by atoms with Crippen LogP contribution in [0.15, 0.2) is 30.5 Å². The number of methoxy groups -OCH3 is 1. The van der Waals surface area contributed by atoms with Gasteiger partial charge in [-0.05, 0) is 37.1 Å². The standard InChI is InChI=1S/C18H23N3O4/c1-4-6-15(18(23)24)20-17(22)14-11-19-21(16(14)5-2)12-7-9-13(25-3)10-8-12/h7-11,15H,4-6H2,1-3H3,(H,20,22)(H,23,24). The van der Waals surface area contributed by atoms with E-state index < -0.39 is 17.9 Å². The average Bonchev–Trinajstić information content (AvgIpc) is 3.05. The van der Waals surface area contributed by atoms with Crippen molar-refractivity contribution in [3.8, 4) is 11.4 Å². The summed E-state index contributed by atoms with van der Waals surface area (Å²) in [7, 11) is 1.60. The van der Waals surface area contributed by atoms with Gasteiger partial charge in [-0.15, -0.1) is 0 Å². The molecule has 2 rings (SSSR count). The highest BCUT2D eigenvalue weighted by molar-refractivity contribution is 5.97. The summed E-state index contributed by atoms with van der Waals surface area (Å²) < 4.78 is 6.83. The van der Waals surface area contributed by atoms with E-state index >= 15 is 0 Å². The van der Waals surface area contributed by atoms with Gasteiger partial charge in [-0.2, -0.15) is 5.10 Å². The summed E-state index contributed by atoms with van der Waals surface area (Å²) in [6, 6.07) is 6.44. The zero-order valence-electron chi connectivity index (χ0n) is 14.7. The van der Waals surface area contributed by atoms with Crippen molar-refractivity contribution in [3.63, 3.8) is 0 Å². The second-order valence-electron chi connectivity index (χ2n) is 5.62. The molecule has 1 atom stereocenters. The minimum atomic E-state index is -1.03. The molecule has 0 aliphatic rings. The molecule has 134 valence electrons. The lowest BCUT2D eigenvalue weighted by atomic mass is 10.1. The number of nitrogens with one attached hydrogen (secondary N) is 1. The molecule has 25 heavy (non-hydrogen) atoms. The predicted molar refractivity (Wildman–Crippen MR) is 93.3 cm³/mol. The van der Waals surface area contributed by atoms with Crippen molar-refractivity contribution < 1.29 is 19.4 Å². The summed E-state index contributed by atoms with van der Waals surface area (Å²) in [4.78, 5) is 23.8. The van der Waals surface area contributed by atoms with Crippen molar-refractivity contribution in [2.75, 3.05) is 7.11 Å². The number of carboxylic acid groups (broad SMARTS) is 1. The van der Waals surface area contributed by atoms with Crippen LogP contribution in [0.3, 0.4) is 0 Å². The van der Waals surface area contributed by atoms with Crippen LogP contribution in [0, 0.1) is 0 Å². The molecule has 1 unspecified atom stereocenters. The third-order valence-corrected chi connectivity index (χ3v) is 3.95. The maximum atomic E-state index is 12.5. The SMILES string of the molecule is CCCC(NC(=O)c1cnn(-c2ccc(OC)cc2)c1CC)C(=O)O. The van der Waals surface area contributed by atoms with Crippen LogP contribution < -0.4 is 10.1 Å². The molecular formula is C18H23N3O4. The van der Waals surface area contributed by atoms with E-state index in [4.69, 9.17) is 4.74 Å². The summed E-state index contributed by atoms with van der Waals surface area (Å²) in [5.74, 6) is -0.718. The summed E-state index contributed by atoms with van der Waals surface area (Å²) >= 11 is 0. The second kappa shape index (κ2) is 8.32. The molecule has 7 heteroatoms. The predicted octanol–water partition coefficient (Wildman–Crippen LogP) is 2.43. The minimum Gasteiger partial charge on any atom is -0.497 e. The van der Waals surface area contributed by atoms with E-state index in [2.05, 4.69) is 10.4 Å². The highest BCUT2D eigenvalue weighted by Crippen LogP contribution is 2.19. The number of aliphatic carboxylic acids is 1. The molecular weight excluding hydrogens is 322 g/mol. The number of benzene rings is 1. The lowest BCUT2D eigenvalue weighted by molar-refractivity contribution is -0.139. The van der Waals surface area contributed by atoms with Crippen LogP contribution in [0.25, 0.3) is 5.69 Å². The minimum absolute atomic E-state index is 0.384. The Kier molecular flexibility index (Phi) is 6.16. The van der Waals surface area contributed by atoms with E-state index in [0.717, 1.165) is 17.1 Å². The molecule has 1 aromatic carbocycles. The van der Waals surface area contributed by atoms with Gasteiger partial charge in [0.2, 0.25) is 0 Å². The number of nitrogens with zero attached hydrogens (tertiary/aromatic N) is 2. The molecule has 0 radical (unpaired) electrons. The van der Waals surface area contributed by atoms with E-state index in [1.54, 1.807) is 11.8 Å². The Morgan fingerprint density at radius 2 is 1.96 bits per heavy atom. The Morgan fingerprint density at radius 1 is 1.28 bits per heavy atom. The number of hydrogen-bond acceptors (Lipinski definition) is 4. The van der Waals surface area contributed by atoms with Gasteiger partial charge < -0.3 is 15.2 Å². The Hall–Kier alpha value is -2.83. The van der Waals surface area contributed by atoms with E-state index in [1.807, 2.05) is 38.1 Å². The van der Waals surface area contributed by atoms with E-state index in [9.17, 15) is 14.7 Å². The van der Waals surface area contributed by atoms with Gasteiger partial charge >= 0.3 is 5.97 Å². The van der Waals surface area contributed by atoms with Crippen molar-refractivity contribution in [2.45, 2.75) is 39.2 Å². The maximum Gasteiger partial charge on any atom is 0.326 e. The molecule has 0 aliphatic carbocycles. The maximum absolute atomic E-state index is 12.5. The van der Waals surface area contributed by atoms with Gasteiger partial charge in [0.15, 0.2) is 0 Å². The smallest absolute Gasteiger partial charge is 0.326 e. The lowest BCUT2D eigenvalue weighted by Gasteiger charge is -2.14. The molecule has 0 bridgehead atoms. The zero-order valence-corrected chi connectivity index (χ0v) is 14.7. The third-order valence-electron chi connectivity index (χ3n) is 3.95. The summed E-state index contributed by atoms with van der Waals surface area (Å²) in [5, 5.41) is 16.1. The summed E-state index contributed by atoms with van der Waals surface area (Å²) in [5.41, 5.74) is 1.92. The molecule has 0 aliphatic heterocycles. The van der Waals surface area contributed by atoms with Gasteiger partial charge in [-0.1, -0.05) is 20.3 Å². The highest BCUT2D eigenvalue weighted by Gasteiger charge is 2.23. The number of carbonyl (C=O) groups excluding carboxylic acids is 1. The number of carbonyl (C=O) groups is 2. The fourth-order valence-corrected chi connectivity index (χ4v) is 2.63. The number of aromatic nitrogens is 2. The highest BCUT2D eigenvalue weighted by atomic mass is 16.5. The van der Waals surface area contributed by atoms with Crippen molar-refractivity contribution in [1.29, 1.82) is 0 Å². The van der Waals surface area contributed by atoms with Crippen LogP contribution in [0.5, 0.6) is 5.75 Å². The van der Waals surface area contributed by atoms with Crippen molar-refractivity contribution in [1.82, 2.24) is 15.1 Å². The summed E-state index contributed by atoms with van der Waals surface area (Å²) in [6.45, 7) is 3.80. The number of hydrogen-bond donors (Lipinski definition) is 2. The number of ether oxygens (including phenoxy) is 1. The lowest BCUT2D eigenvalue weighted by Crippen LogP contribution is -2.40. The number of rotatable bonds is 8. The molecule has 0 fully saturated rings. The van der Waals surface area contributed by atoms with Gasteiger partial charge in [-0.25, -0.2) is 9.48 Å². The first-order valence-corrected chi connectivity index (χ1v) is 8.26. The van der Waals surface area contributed by atoms with Crippen LogP contribution in [0.2, 0.25) is 0 Å². The van der Waals surface area contributed by atoms with Crippen LogP contribution >= 0.6 is 0 Å². The first-order valence-electron chi connectivity index (χ1n) is 8.26. The molecule has 1 amide bonds. The first kappa shape index (κ1) is 18.5. The normalized spacial score (nSPS) is 11.8. The molecule has 0 saturated heterocycles. The third kappa shape index (κ3) is 4.17. The number of carboxylic acids is 1. The quantitative estimate of drug-likeness (QED) is 0.766. The zero-order chi connectivity index (χ0) is 18.4. The van der Waals surface area contributed by atoms with Crippen LogP contribution in [0.1, 0.15) is 42.7 Å².